The molecule has 5 atom stereocenters. The molecule has 1 aromatic rings. The molecule has 10 nitrogen and oxygen atoms in total. The van der Waals surface area contributed by atoms with Gasteiger partial charge < -0.3 is 19.6 Å². The van der Waals surface area contributed by atoms with E-state index in [2.05, 4.69) is 41.2 Å². The molecule has 1 aliphatic carbocycles. The molecule has 0 amide bonds. The van der Waals surface area contributed by atoms with Gasteiger partial charge in [0.05, 0.1) is 29.9 Å². The molecule has 1 aromatic heterocycles. The summed E-state index contributed by atoms with van der Waals surface area (Å²) in [5, 5.41) is 13.5. The Kier molecular flexibility index (Phi) is 18.4. The summed E-state index contributed by atoms with van der Waals surface area (Å²) in [5.74, 6) is -0.983. The van der Waals surface area contributed by atoms with Gasteiger partial charge in [-0.15, -0.1) is 17.0 Å². The largest absolute Gasteiger partial charge is 2.00 e. The number of nitrogens with zero attached hydrogens (tertiary/aromatic N) is 4. The van der Waals surface area contributed by atoms with Crippen molar-refractivity contribution < 1.29 is 48.4 Å². The molecule has 5 aliphatic rings. The van der Waals surface area contributed by atoms with Gasteiger partial charge in [0, 0.05) is 40.8 Å². The first-order valence-corrected chi connectivity index (χ1v) is 24.0. The molecule has 66 heavy (non-hydrogen) atoms. The summed E-state index contributed by atoms with van der Waals surface area (Å²) >= 11 is 0. The van der Waals surface area contributed by atoms with Crippen LogP contribution in [0.5, 0.6) is 0 Å². The van der Waals surface area contributed by atoms with Crippen molar-refractivity contribution in [3.05, 3.63) is 104 Å². The van der Waals surface area contributed by atoms with Crippen LogP contribution < -0.4 is 20.8 Å². The van der Waals surface area contributed by atoms with Crippen LogP contribution in [-0.2, 0) is 38.5 Å². The van der Waals surface area contributed by atoms with Gasteiger partial charge in [-0.1, -0.05) is 116 Å². The first-order valence-electron chi connectivity index (χ1n) is 24.0. The van der Waals surface area contributed by atoms with E-state index in [4.69, 9.17) is 29.4 Å². The predicted octanol–water partition coefficient (Wildman–Crippen LogP) is 9.38. The van der Waals surface area contributed by atoms with E-state index < -0.39 is 17.7 Å². The van der Waals surface area contributed by atoms with Gasteiger partial charge in [-0.25, -0.2) is 9.98 Å². The van der Waals surface area contributed by atoms with Crippen LogP contribution in [0.15, 0.2) is 97.1 Å². The number of hydrogen-bond acceptors (Lipinski definition) is 9. The Morgan fingerprint density at radius 1 is 0.939 bits per heavy atom. The van der Waals surface area contributed by atoms with Crippen molar-refractivity contribution in [2.24, 2.45) is 50.5 Å². The first-order chi connectivity index (χ1) is 31.1. The number of aromatic nitrogens is 1. The summed E-state index contributed by atoms with van der Waals surface area (Å²) in [5.41, 5.74) is 9.02. The summed E-state index contributed by atoms with van der Waals surface area (Å²) in [7, 11) is 1.27. The maximum Gasteiger partial charge on any atom is 2.00 e. The minimum Gasteiger partial charge on any atom is -0.877 e. The van der Waals surface area contributed by atoms with Crippen LogP contribution >= 0.6 is 0 Å². The number of ketones is 1. The average molecular weight is 949 g/mol. The number of carbonyl (C=O) groups is 3. The van der Waals surface area contributed by atoms with Crippen molar-refractivity contribution in [3.63, 3.8) is 0 Å². The minimum atomic E-state index is -1.27. The van der Waals surface area contributed by atoms with Gasteiger partial charge in [0.2, 0.25) is 0 Å². The molecular formula is C55H70N4O6Zn. The van der Waals surface area contributed by atoms with E-state index >= 15 is 0 Å². The maximum atomic E-state index is 14.4. The standard InChI is InChI=1S/C55H72N4O6.Zn/c1-12-38-35(8)42-27-43-36(9)40(23-24-48(61)65-26-25-34(7)22-16-21-33(6)20-15-19-32(5)18-14-17-31(3)4)52(58-43)50-51(55(63)64-11)54(62)49-37(10)44(59-53(49)50)28-46-39(13-2)41(30-60)47(57-46)29-45(38)56-42;/h12,25,27-33,36,40,51H,1,13-24,26H2,2-11H3,(H2,56,57,58,59,60,62);/q;+2/p-2/b34-25+;. The Hall–Kier alpha value is -4.76. The molecule has 0 spiro atoms. The molecule has 0 aromatic carbocycles. The number of allylic oxidation sites excluding steroid dienone is 9. The molecule has 0 radical (unpaired) electrons. The number of fused-ring (bicyclic) bond motifs is 5. The molecule has 5 unspecified atom stereocenters. The van der Waals surface area contributed by atoms with Crippen molar-refractivity contribution in [1.82, 2.24) is 4.98 Å². The minimum absolute atomic E-state index is 0. The van der Waals surface area contributed by atoms with Crippen molar-refractivity contribution in [1.29, 1.82) is 0 Å². The van der Waals surface area contributed by atoms with Crippen LogP contribution in [0.3, 0.4) is 0 Å². The zero-order valence-electron chi connectivity index (χ0n) is 41.3. The number of aliphatic imine (C=N–C) groups is 3. The van der Waals surface area contributed by atoms with Gasteiger partial charge in [0.15, 0.2) is 5.78 Å². The van der Waals surface area contributed by atoms with Crippen LogP contribution in [0.2, 0.25) is 0 Å². The number of hydrogen-bond donors (Lipinski definition) is 0. The van der Waals surface area contributed by atoms with Crippen molar-refractivity contribution >= 4 is 46.5 Å². The molecule has 4 aliphatic heterocycles. The van der Waals surface area contributed by atoms with Crippen LogP contribution in [0.1, 0.15) is 148 Å². The zero-order valence-corrected chi connectivity index (χ0v) is 44.2. The Bertz CT molecular complexity index is 2500. The number of rotatable bonds is 20. The Morgan fingerprint density at radius 3 is 2.26 bits per heavy atom. The molecule has 6 rings (SSSR count). The fourth-order valence-electron chi connectivity index (χ4n) is 10.0. The van der Waals surface area contributed by atoms with E-state index in [1.807, 2.05) is 45.9 Å². The third-order valence-corrected chi connectivity index (χ3v) is 14.1. The van der Waals surface area contributed by atoms with E-state index in [1.54, 1.807) is 12.2 Å². The quantitative estimate of drug-likeness (QED) is 0.0417. The third-order valence-electron chi connectivity index (χ3n) is 14.1. The summed E-state index contributed by atoms with van der Waals surface area (Å²) in [6.07, 6.45) is 22.3. The molecule has 11 heteroatoms. The Labute approximate surface area is 405 Å². The summed E-state index contributed by atoms with van der Waals surface area (Å²) in [4.78, 5) is 61.5. The van der Waals surface area contributed by atoms with E-state index in [1.165, 1.54) is 57.6 Å². The van der Waals surface area contributed by atoms with Gasteiger partial charge in [-0.05, 0) is 105 Å². The molecule has 0 saturated carbocycles. The van der Waals surface area contributed by atoms with Crippen molar-refractivity contribution in [2.45, 2.75) is 139 Å². The fourth-order valence-corrected chi connectivity index (χ4v) is 10.0. The Morgan fingerprint density at radius 2 is 1.62 bits per heavy atom. The average Bonchev–Trinajstić information content (AvgIpc) is 4.02. The second-order valence-corrected chi connectivity index (χ2v) is 19.3. The van der Waals surface area contributed by atoms with Gasteiger partial charge in [0.25, 0.3) is 0 Å². The van der Waals surface area contributed by atoms with Gasteiger partial charge in [-0.2, -0.15) is 0 Å². The molecular weight excluding hydrogens is 878 g/mol. The predicted molar refractivity (Wildman–Crippen MR) is 260 cm³/mol. The van der Waals surface area contributed by atoms with E-state index in [9.17, 15) is 19.5 Å². The smallest absolute Gasteiger partial charge is 0.877 e. The van der Waals surface area contributed by atoms with Crippen LogP contribution in [0, 0.1) is 42.4 Å². The zero-order chi connectivity index (χ0) is 47.1. The Balaban J connectivity index is 0.00000817. The fraction of sp³-hybridized carbons (Fsp3) is 0.527. The van der Waals surface area contributed by atoms with Crippen LogP contribution in [0.4, 0.5) is 0 Å². The number of esters is 2. The van der Waals surface area contributed by atoms with Crippen LogP contribution in [-0.4, -0.2) is 48.6 Å². The monoisotopic (exact) mass is 946 g/mol. The summed E-state index contributed by atoms with van der Waals surface area (Å²) < 4.78 is 11.0. The first kappa shape index (κ1) is 52.2. The van der Waals surface area contributed by atoms with Crippen LogP contribution in [0.25, 0.3) is 11.6 Å². The molecule has 0 fully saturated rings. The number of Topliss-reactive ketones (excluding diaryl/α,β-unsaturated/α-hetero) is 1. The van der Waals surface area contributed by atoms with Crippen molar-refractivity contribution in [2.75, 3.05) is 13.7 Å². The topological polar surface area (TPSA) is 144 Å². The molecule has 348 valence electrons. The second-order valence-electron chi connectivity index (χ2n) is 19.3. The molecule has 8 bridgehead atoms. The number of carbonyl (C=O) groups excluding carboxylic acids is 3. The molecule has 0 saturated heterocycles. The number of methoxy groups -OCH3 is 1. The SMILES string of the molecule is C=CC1=C(C)C2=NC1=CC1=NC(=C(CC)C1=C[O-])C=c1[n-]c3c(c1C)C(=O)C(C(=O)OC)C=3C1=NC(=C2)C(C)C1CCC(=O)OC/C=C(\C)CCCC(C)CCCC(C)CCCC(C)C.[Zn+2]. The summed E-state index contributed by atoms with van der Waals surface area (Å²) in [6, 6.07) is 0. The van der Waals surface area contributed by atoms with Gasteiger partial charge in [0.1, 0.15) is 12.5 Å². The van der Waals surface area contributed by atoms with Crippen molar-refractivity contribution in [3.8, 4) is 0 Å². The number of ether oxygens (including phenoxy) is 2. The van der Waals surface area contributed by atoms with Gasteiger partial charge >= 0.3 is 31.4 Å². The van der Waals surface area contributed by atoms with E-state index in [0.717, 1.165) is 47.7 Å². The third kappa shape index (κ3) is 11.5. The normalized spacial score (nSPS) is 21.6. The summed E-state index contributed by atoms with van der Waals surface area (Å²) in [6.45, 7) is 23.5. The maximum absolute atomic E-state index is 14.4. The van der Waals surface area contributed by atoms with Gasteiger partial charge in [-0.3, -0.25) is 19.4 Å². The van der Waals surface area contributed by atoms with E-state index in [-0.39, 0.29) is 50.3 Å². The second kappa shape index (κ2) is 23.3. The molecule has 0 N–H and O–H groups in total. The van der Waals surface area contributed by atoms with E-state index in [0.29, 0.717) is 86.0 Å². The molecule has 5 heterocycles.